The lowest BCUT2D eigenvalue weighted by molar-refractivity contribution is -0.0455. The SMILES string of the molecule is CCCNC(c1cccc(CC)c1)C1CN(CC)CCO1. The molecule has 1 heterocycles. The van der Waals surface area contributed by atoms with E-state index in [0.29, 0.717) is 6.04 Å². The number of hydrogen-bond donors (Lipinski definition) is 1. The summed E-state index contributed by atoms with van der Waals surface area (Å²) in [5.74, 6) is 0. The van der Waals surface area contributed by atoms with E-state index >= 15 is 0 Å². The Morgan fingerprint density at radius 1 is 1.33 bits per heavy atom. The average Bonchev–Trinajstić information content (AvgIpc) is 2.55. The Labute approximate surface area is 129 Å². The number of likely N-dealkylation sites (N-methyl/N-ethyl adjacent to an activating group) is 1. The Bertz CT molecular complexity index is 421. The zero-order chi connectivity index (χ0) is 15.1. The molecule has 1 aromatic rings. The van der Waals surface area contributed by atoms with Crippen LogP contribution in [0.4, 0.5) is 0 Å². The molecule has 0 radical (unpaired) electrons. The Morgan fingerprint density at radius 2 is 2.19 bits per heavy atom. The molecule has 1 fully saturated rings. The van der Waals surface area contributed by atoms with Crippen LogP contribution in [0.25, 0.3) is 0 Å². The highest BCUT2D eigenvalue weighted by Gasteiger charge is 2.28. The van der Waals surface area contributed by atoms with Gasteiger partial charge in [0.1, 0.15) is 0 Å². The summed E-state index contributed by atoms with van der Waals surface area (Å²) in [6.07, 6.45) is 2.48. The summed E-state index contributed by atoms with van der Waals surface area (Å²) < 4.78 is 6.09. The van der Waals surface area contributed by atoms with Crippen molar-refractivity contribution in [3.8, 4) is 0 Å². The van der Waals surface area contributed by atoms with Gasteiger partial charge >= 0.3 is 0 Å². The van der Waals surface area contributed by atoms with Crippen LogP contribution in [-0.2, 0) is 11.2 Å². The third kappa shape index (κ3) is 4.53. The van der Waals surface area contributed by atoms with Gasteiger partial charge in [0.25, 0.3) is 0 Å². The van der Waals surface area contributed by atoms with Crippen LogP contribution >= 0.6 is 0 Å². The molecule has 0 aliphatic carbocycles. The number of aryl methyl sites for hydroxylation is 1. The summed E-state index contributed by atoms with van der Waals surface area (Å²) in [5, 5.41) is 3.70. The highest BCUT2D eigenvalue weighted by Crippen LogP contribution is 2.23. The lowest BCUT2D eigenvalue weighted by Gasteiger charge is -2.37. The minimum atomic E-state index is 0.248. The Hall–Kier alpha value is -0.900. The first-order valence-electron chi connectivity index (χ1n) is 8.44. The summed E-state index contributed by atoms with van der Waals surface area (Å²) in [5.41, 5.74) is 2.77. The Morgan fingerprint density at radius 3 is 2.90 bits per heavy atom. The van der Waals surface area contributed by atoms with Crippen LogP contribution in [0, 0.1) is 0 Å². The lowest BCUT2D eigenvalue weighted by atomic mass is 9.97. The Balaban J connectivity index is 2.16. The number of rotatable bonds is 7. The highest BCUT2D eigenvalue weighted by atomic mass is 16.5. The van der Waals surface area contributed by atoms with Crippen LogP contribution in [-0.4, -0.2) is 43.8 Å². The second kappa shape index (κ2) is 8.52. The molecule has 0 spiro atoms. The highest BCUT2D eigenvalue weighted by molar-refractivity contribution is 5.27. The largest absolute Gasteiger partial charge is 0.374 e. The van der Waals surface area contributed by atoms with Gasteiger partial charge < -0.3 is 10.1 Å². The standard InChI is InChI=1S/C18H30N2O/c1-4-10-19-18(16-9-7-8-15(5-2)13-16)17-14-20(6-3)11-12-21-17/h7-9,13,17-19H,4-6,10-12,14H2,1-3H3. The van der Waals surface area contributed by atoms with Crippen LogP contribution in [0.5, 0.6) is 0 Å². The van der Waals surface area contributed by atoms with Gasteiger partial charge in [-0.25, -0.2) is 0 Å². The summed E-state index contributed by atoms with van der Waals surface area (Å²) in [6.45, 7) is 11.7. The molecular formula is C18H30N2O. The molecular weight excluding hydrogens is 260 g/mol. The third-order valence-corrected chi connectivity index (χ3v) is 4.33. The number of nitrogens with zero attached hydrogens (tertiary/aromatic N) is 1. The maximum absolute atomic E-state index is 6.09. The van der Waals surface area contributed by atoms with Gasteiger partial charge in [-0.3, -0.25) is 4.90 Å². The second-order valence-corrected chi connectivity index (χ2v) is 5.83. The van der Waals surface area contributed by atoms with Gasteiger partial charge in [-0.15, -0.1) is 0 Å². The number of morpholine rings is 1. The monoisotopic (exact) mass is 290 g/mol. The van der Waals surface area contributed by atoms with E-state index in [-0.39, 0.29) is 6.10 Å². The first-order valence-corrected chi connectivity index (χ1v) is 8.44. The normalized spacial score (nSPS) is 21.4. The van der Waals surface area contributed by atoms with E-state index in [0.717, 1.165) is 45.6 Å². The van der Waals surface area contributed by atoms with Crippen LogP contribution in [0.15, 0.2) is 24.3 Å². The van der Waals surface area contributed by atoms with E-state index in [4.69, 9.17) is 4.74 Å². The molecule has 21 heavy (non-hydrogen) atoms. The minimum Gasteiger partial charge on any atom is -0.374 e. The van der Waals surface area contributed by atoms with Crippen molar-refractivity contribution in [3.63, 3.8) is 0 Å². The topological polar surface area (TPSA) is 24.5 Å². The molecule has 2 atom stereocenters. The average molecular weight is 290 g/mol. The third-order valence-electron chi connectivity index (χ3n) is 4.33. The Kier molecular flexibility index (Phi) is 6.68. The first-order chi connectivity index (χ1) is 10.3. The molecule has 1 N–H and O–H groups in total. The summed E-state index contributed by atoms with van der Waals surface area (Å²) in [7, 11) is 0. The number of hydrogen-bond acceptors (Lipinski definition) is 3. The summed E-state index contributed by atoms with van der Waals surface area (Å²) in [6, 6.07) is 9.25. The molecule has 3 heteroatoms. The van der Waals surface area contributed by atoms with Crippen molar-refractivity contribution in [1.82, 2.24) is 10.2 Å². The molecule has 0 amide bonds. The van der Waals surface area contributed by atoms with Gasteiger partial charge in [0.05, 0.1) is 18.8 Å². The number of nitrogens with one attached hydrogen (secondary N) is 1. The molecule has 0 bridgehead atoms. The molecule has 1 aliphatic rings. The van der Waals surface area contributed by atoms with Crippen molar-refractivity contribution in [2.24, 2.45) is 0 Å². The lowest BCUT2D eigenvalue weighted by Crippen LogP contribution is -2.48. The van der Waals surface area contributed by atoms with Crippen LogP contribution in [0.1, 0.15) is 44.4 Å². The van der Waals surface area contributed by atoms with Crippen LogP contribution in [0.2, 0.25) is 0 Å². The first kappa shape index (κ1) is 16.5. The summed E-state index contributed by atoms with van der Waals surface area (Å²) >= 11 is 0. The van der Waals surface area contributed by atoms with E-state index in [2.05, 4.69) is 55.3 Å². The molecule has 1 saturated heterocycles. The molecule has 118 valence electrons. The van der Waals surface area contributed by atoms with Gasteiger partial charge in [-0.1, -0.05) is 45.0 Å². The van der Waals surface area contributed by atoms with Crippen molar-refractivity contribution >= 4 is 0 Å². The fourth-order valence-corrected chi connectivity index (χ4v) is 2.99. The fraction of sp³-hybridized carbons (Fsp3) is 0.667. The molecule has 3 nitrogen and oxygen atoms in total. The van der Waals surface area contributed by atoms with E-state index in [1.54, 1.807) is 0 Å². The fourth-order valence-electron chi connectivity index (χ4n) is 2.99. The quantitative estimate of drug-likeness (QED) is 0.835. The maximum atomic E-state index is 6.09. The van der Waals surface area contributed by atoms with Crippen molar-refractivity contribution < 1.29 is 4.74 Å². The van der Waals surface area contributed by atoms with Gasteiger partial charge in [-0.05, 0) is 37.1 Å². The predicted octanol–water partition coefficient (Wildman–Crippen LogP) is 3.01. The predicted molar refractivity (Wildman–Crippen MR) is 88.7 cm³/mol. The minimum absolute atomic E-state index is 0.248. The zero-order valence-electron chi connectivity index (χ0n) is 13.8. The molecule has 0 aromatic heterocycles. The molecule has 2 unspecified atom stereocenters. The maximum Gasteiger partial charge on any atom is 0.0896 e. The van der Waals surface area contributed by atoms with Gasteiger partial charge in [0.2, 0.25) is 0 Å². The molecule has 1 aliphatic heterocycles. The zero-order valence-corrected chi connectivity index (χ0v) is 13.8. The van der Waals surface area contributed by atoms with Crippen LogP contribution in [0.3, 0.4) is 0 Å². The molecule has 2 rings (SSSR count). The van der Waals surface area contributed by atoms with Crippen molar-refractivity contribution in [3.05, 3.63) is 35.4 Å². The smallest absolute Gasteiger partial charge is 0.0896 e. The second-order valence-electron chi connectivity index (χ2n) is 5.83. The van der Waals surface area contributed by atoms with Gasteiger partial charge in [0.15, 0.2) is 0 Å². The molecule has 0 saturated carbocycles. The van der Waals surface area contributed by atoms with Gasteiger partial charge in [-0.2, -0.15) is 0 Å². The van der Waals surface area contributed by atoms with E-state index in [9.17, 15) is 0 Å². The van der Waals surface area contributed by atoms with Gasteiger partial charge in [0, 0.05) is 13.1 Å². The number of ether oxygens (including phenoxy) is 1. The molecule has 1 aromatic carbocycles. The van der Waals surface area contributed by atoms with Crippen LogP contribution < -0.4 is 5.32 Å². The van der Waals surface area contributed by atoms with Crippen molar-refractivity contribution in [1.29, 1.82) is 0 Å². The van der Waals surface area contributed by atoms with Crippen molar-refractivity contribution in [2.75, 3.05) is 32.8 Å². The van der Waals surface area contributed by atoms with E-state index in [1.807, 2.05) is 0 Å². The van der Waals surface area contributed by atoms with E-state index in [1.165, 1.54) is 11.1 Å². The number of benzene rings is 1. The summed E-state index contributed by atoms with van der Waals surface area (Å²) in [4.78, 5) is 2.48. The van der Waals surface area contributed by atoms with E-state index < -0.39 is 0 Å². The van der Waals surface area contributed by atoms with Crippen molar-refractivity contribution in [2.45, 2.75) is 45.8 Å².